The van der Waals surface area contributed by atoms with E-state index in [0.717, 1.165) is 38.8 Å². The molecular weight excluding hydrogens is 258 g/mol. The third-order valence-corrected chi connectivity index (χ3v) is 4.10. The number of aliphatic imine (C=N–C) groups is 1. The van der Waals surface area contributed by atoms with Crippen molar-refractivity contribution in [2.45, 2.75) is 27.3 Å². The Balaban J connectivity index is 1.87. The van der Waals surface area contributed by atoms with Crippen molar-refractivity contribution in [3.05, 3.63) is 21.9 Å². The molecule has 5 heteroatoms. The average molecular weight is 281 g/mol. The first kappa shape index (κ1) is 14.3. The zero-order valence-corrected chi connectivity index (χ0v) is 12.8. The Morgan fingerprint density at radius 3 is 2.74 bits per heavy atom. The molecule has 1 aromatic rings. The highest BCUT2D eigenvalue weighted by molar-refractivity contribution is 7.11. The molecule has 0 aromatic carbocycles. The first-order chi connectivity index (χ1) is 9.11. The van der Waals surface area contributed by atoms with Gasteiger partial charge in [0.25, 0.3) is 0 Å². The standard InChI is InChI=1S/C14H23N3OS/c1-4-15-13(17-8-14(3)9-18-10-14)16-7-12-6-5-11(2)19-12/h5-6H,4,7-10H2,1-3H3,(H2,15,16,17). The minimum Gasteiger partial charge on any atom is -0.380 e. The fraction of sp³-hybridized carbons (Fsp3) is 0.643. The van der Waals surface area contributed by atoms with Crippen LogP contribution in [0.3, 0.4) is 0 Å². The van der Waals surface area contributed by atoms with Crippen molar-refractivity contribution in [2.75, 3.05) is 26.3 Å². The summed E-state index contributed by atoms with van der Waals surface area (Å²) in [7, 11) is 0. The lowest BCUT2D eigenvalue weighted by Crippen LogP contribution is -2.51. The van der Waals surface area contributed by atoms with E-state index >= 15 is 0 Å². The van der Waals surface area contributed by atoms with Crippen LogP contribution in [0.15, 0.2) is 17.1 Å². The molecule has 1 aliphatic heterocycles. The number of rotatable bonds is 5. The molecule has 0 amide bonds. The van der Waals surface area contributed by atoms with E-state index in [0.29, 0.717) is 0 Å². The number of guanidine groups is 1. The Hall–Kier alpha value is -1.07. The van der Waals surface area contributed by atoms with E-state index in [1.807, 2.05) is 0 Å². The number of ether oxygens (including phenoxy) is 1. The highest BCUT2D eigenvalue weighted by Crippen LogP contribution is 2.25. The summed E-state index contributed by atoms with van der Waals surface area (Å²) < 4.78 is 5.26. The van der Waals surface area contributed by atoms with Gasteiger partial charge in [-0.25, -0.2) is 4.99 Å². The minimum atomic E-state index is 0.260. The van der Waals surface area contributed by atoms with Gasteiger partial charge in [0, 0.05) is 28.3 Å². The fourth-order valence-electron chi connectivity index (χ4n) is 1.92. The topological polar surface area (TPSA) is 45.7 Å². The summed E-state index contributed by atoms with van der Waals surface area (Å²) in [4.78, 5) is 7.26. The third kappa shape index (κ3) is 4.21. The number of aryl methyl sites for hydroxylation is 1. The maximum atomic E-state index is 5.26. The second-order valence-corrected chi connectivity index (χ2v) is 6.74. The van der Waals surface area contributed by atoms with Gasteiger partial charge in [-0.2, -0.15) is 0 Å². The van der Waals surface area contributed by atoms with Crippen LogP contribution in [0, 0.1) is 12.3 Å². The van der Waals surface area contributed by atoms with E-state index in [1.165, 1.54) is 9.75 Å². The molecule has 19 heavy (non-hydrogen) atoms. The first-order valence-corrected chi connectivity index (χ1v) is 7.58. The molecule has 2 rings (SSSR count). The van der Waals surface area contributed by atoms with E-state index in [1.54, 1.807) is 11.3 Å². The molecule has 0 unspecified atom stereocenters. The molecule has 106 valence electrons. The fourth-order valence-corrected chi connectivity index (χ4v) is 2.73. The molecule has 0 bridgehead atoms. The Kier molecular flexibility index (Phi) is 4.82. The lowest BCUT2D eigenvalue weighted by atomic mass is 9.89. The predicted octanol–water partition coefficient (Wildman–Crippen LogP) is 2.15. The molecule has 0 radical (unpaired) electrons. The van der Waals surface area contributed by atoms with Crippen molar-refractivity contribution >= 4 is 17.3 Å². The van der Waals surface area contributed by atoms with Crippen LogP contribution in [0.2, 0.25) is 0 Å². The lowest BCUT2D eigenvalue weighted by molar-refractivity contribution is -0.0971. The lowest BCUT2D eigenvalue weighted by Gasteiger charge is -2.38. The van der Waals surface area contributed by atoms with Gasteiger partial charge < -0.3 is 15.4 Å². The summed E-state index contributed by atoms with van der Waals surface area (Å²) >= 11 is 1.80. The Bertz CT molecular complexity index is 438. The van der Waals surface area contributed by atoms with Crippen LogP contribution < -0.4 is 10.6 Å². The van der Waals surface area contributed by atoms with Crippen molar-refractivity contribution in [3.8, 4) is 0 Å². The van der Waals surface area contributed by atoms with Gasteiger partial charge in [-0.1, -0.05) is 6.92 Å². The number of thiophene rings is 1. The van der Waals surface area contributed by atoms with E-state index in [4.69, 9.17) is 4.74 Å². The summed E-state index contributed by atoms with van der Waals surface area (Å²) in [6.45, 7) is 10.6. The van der Waals surface area contributed by atoms with E-state index in [9.17, 15) is 0 Å². The van der Waals surface area contributed by atoms with Crippen LogP contribution in [0.1, 0.15) is 23.6 Å². The second-order valence-electron chi connectivity index (χ2n) is 5.36. The highest BCUT2D eigenvalue weighted by atomic mass is 32.1. The monoisotopic (exact) mass is 281 g/mol. The van der Waals surface area contributed by atoms with Gasteiger partial charge in [0.2, 0.25) is 0 Å². The van der Waals surface area contributed by atoms with Crippen molar-refractivity contribution in [3.63, 3.8) is 0 Å². The molecule has 0 atom stereocenters. The molecule has 0 saturated carbocycles. The van der Waals surface area contributed by atoms with E-state index < -0.39 is 0 Å². The normalized spacial score (nSPS) is 17.9. The summed E-state index contributed by atoms with van der Waals surface area (Å²) in [5, 5.41) is 6.69. The molecule has 0 spiro atoms. The SMILES string of the molecule is CCNC(=NCc1ccc(C)s1)NCC1(C)COC1. The Labute approximate surface area is 119 Å². The molecular formula is C14H23N3OS. The van der Waals surface area contributed by atoms with Crippen LogP contribution in [0.25, 0.3) is 0 Å². The van der Waals surface area contributed by atoms with Gasteiger partial charge in [0.15, 0.2) is 5.96 Å². The number of nitrogens with zero attached hydrogens (tertiary/aromatic N) is 1. The van der Waals surface area contributed by atoms with Crippen LogP contribution >= 0.6 is 11.3 Å². The summed E-state index contributed by atoms with van der Waals surface area (Å²) in [6.07, 6.45) is 0. The Morgan fingerprint density at radius 2 is 2.21 bits per heavy atom. The minimum absolute atomic E-state index is 0.260. The van der Waals surface area contributed by atoms with Gasteiger partial charge in [-0.3, -0.25) is 0 Å². The number of hydrogen-bond donors (Lipinski definition) is 2. The zero-order valence-electron chi connectivity index (χ0n) is 12.0. The van der Waals surface area contributed by atoms with Crippen molar-refractivity contribution < 1.29 is 4.74 Å². The van der Waals surface area contributed by atoms with Crippen molar-refractivity contribution in [2.24, 2.45) is 10.4 Å². The van der Waals surface area contributed by atoms with Crippen molar-refractivity contribution in [1.29, 1.82) is 0 Å². The molecule has 4 nitrogen and oxygen atoms in total. The smallest absolute Gasteiger partial charge is 0.191 e. The van der Waals surface area contributed by atoms with Crippen LogP contribution in [0.4, 0.5) is 0 Å². The maximum absolute atomic E-state index is 5.26. The largest absolute Gasteiger partial charge is 0.380 e. The predicted molar refractivity (Wildman–Crippen MR) is 80.8 cm³/mol. The summed E-state index contributed by atoms with van der Waals surface area (Å²) in [6, 6.07) is 4.29. The average Bonchev–Trinajstić information content (AvgIpc) is 2.76. The number of nitrogens with one attached hydrogen (secondary N) is 2. The van der Waals surface area contributed by atoms with Gasteiger partial charge in [0.1, 0.15) is 0 Å². The van der Waals surface area contributed by atoms with Crippen LogP contribution in [0.5, 0.6) is 0 Å². The highest BCUT2D eigenvalue weighted by Gasteiger charge is 2.33. The molecule has 1 saturated heterocycles. The van der Waals surface area contributed by atoms with E-state index in [-0.39, 0.29) is 5.41 Å². The molecule has 1 fully saturated rings. The zero-order chi connectivity index (χ0) is 13.7. The number of hydrogen-bond acceptors (Lipinski definition) is 3. The van der Waals surface area contributed by atoms with Crippen LogP contribution in [-0.2, 0) is 11.3 Å². The third-order valence-electron chi connectivity index (χ3n) is 3.12. The van der Waals surface area contributed by atoms with Gasteiger partial charge in [-0.05, 0) is 26.0 Å². The molecule has 2 heterocycles. The quantitative estimate of drug-likeness (QED) is 0.642. The van der Waals surface area contributed by atoms with Gasteiger partial charge >= 0.3 is 0 Å². The van der Waals surface area contributed by atoms with Crippen molar-refractivity contribution in [1.82, 2.24) is 10.6 Å². The molecule has 2 N–H and O–H groups in total. The molecule has 1 aromatic heterocycles. The Morgan fingerprint density at radius 1 is 1.42 bits per heavy atom. The van der Waals surface area contributed by atoms with Gasteiger partial charge in [0.05, 0.1) is 19.8 Å². The van der Waals surface area contributed by atoms with Gasteiger partial charge in [-0.15, -0.1) is 11.3 Å². The summed E-state index contributed by atoms with van der Waals surface area (Å²) in [5.41, 5.74) is 0.260. The molecule has 1 aliphatic rings. The maximum Gasteiger partial charge on any atom is 0.191 e. The molecule has 0 aliphatic carbocycles. The first-order valence-electron chi connectivity index (χ1n) is 6.76. The van der Waals surface area contributed by atoms with E-state index in [2.05, 4.69) is 48.5 Å². The van der Waals surface area contributed by atoms with Crippen LogP contribution in [-0.4, -0.2) is 32.3 Å². The summed E-state index contributed by atoms with van der Waals surface area (Å²) in [5.74, 6) is 0.890. The second kappa shape index (κ2) is 6.39.